The zero-order chi connectivity index (χ0) is 15.5. The molecule has 0 aromatic carbocycles. The van der Waals surface area contributed by atoms with Gasteiger partial charge in [0.15, 0.2) is 0 Å². The third-order valence-corrected chi connectivity index (χ3v) is 6.04. The fraction of sp³-hybridized carbons (Fsp3) is 1.00. The van der Waals surface area contributed by atoms with Crippen LogP contribution in [0.4, 0.5) is 0 Å². The Labute approximate surface area is 133 Å². The predicted molar refractivity (Wildman–Crippen MR) is 92.5 cm³/mol. The minimum Gasteiger partial charge on any atom is -0.316 e. The summed E-state index contributed by atoms with van der Waals surface area (Å²) in [5.74, 6) is 3.89. The largest absolute Gasteiger partial charge is 0.316 e. The van der Waals surface area contributed by atoms with Crippen molar-refractivity contribution in [3.8, 4) is 0 Å². The Morgan fingerprint density at radius 3 is 2.52 bits per heavy atom. The van der Waals surface area contributed by atoms with Gasteiger partial charge in [-0.15, -0.1) is 0 Å². The third-order valence-electron chi connectivity index (χ3n) is 6.04. The topological polar surface area (TPSA) is 15.3 Å². The van der Waals surface area contributed by atoms with Crippen LogP contribution >= 0.6 is 0 Å². The Balaban J connectivity index is 1.74. The van der Waals surface area contributed by atoms with Gasteiger partial charge in [0.1, 0.15) is 0 Å². The lowest BCUT2D eigenvalue weighted by Crippen LogP contribution is -2.43. The van der Waals surface area contributed by atoms with Crippen molar-refractivity contribution in [1.82, 2.24) is 10.2 Å². The molecule has 1 N–H and O–H groups in total. The standard InChI is InChI=1S/C19H38N2/c1-6-19(4,13-20-11-15(2)3)14-21(5)12-18-10-16-7-8-17(18)9-16/h15-18,20H,6-14H2,1-5H3. The summed E-state index contributed by atoms with van der Waals surface area (Å²) in [5.41, 5.74) is 0.418. The van der Waals surface area contributed by atoms with Crippen molar-refractivity contribution in [3.05, 3.63) is 0 Å². The van der Waals surface area contributed by atoms with E-state index in [-0.39, 0.29) is 0 Å². The van der Waals surface area contributed by atoms with E-state index in [1.165, 1.54) is 38.8 Å². The lowest BCUT2D eigenvalue weighted by molar-refractivity contribution is 0.144. The molecule has 124 valence electrons. The van der Waals surface area contributed by atoms with Crippen LogP contribution in [0, 0.1) is 29.1 Å². The van der Waals surface area contributed by atoms with Crippen LogP contribution in [-0.4, -0.2) is 38.1 Å². The molecule has 21 heavy (non-hydrogen) atoms. The molecule has 2 rings (SSSR count). The number of hydrogen-bond donors (Lipinski definition) is 1. The number of nitrogens with zero attached hydrogens (tertiary/aromatic N) is 1. The first-order valence-electron chi connectivity index (χ1n) is 9.31. The minimum atomic E-state index is 0.418. The number of nitrogens with one attached hydrogen (secondary N) is 1. The zero-order valence-corrected chi connectivity index (χ0v) is 15.1. The Kier molecular flexibility index (Phi) is 6.14. The molecule has 0 amide bonds. The minimum absolute atomic E-state index is 0.418. The molecule has 2 aliphatic carbocycles. The second-order valence-electron chi connectivity index (χ2n) is 8.82. The van der Waals surface area contributed by atoms with Crippen molar-refractivity contribution in [1.29, 1.82) is 0 Å². The van der Waals surface area contributed by atoms with Gasteiger partial charge in [-0.3, -0.25) is 0 Å². The summed E-state index contributed by atoms with van der Waals surface area (Å²) in [6.07, 6.45) is 7.36. The van der Waals surface area contributed by atoms with Crippen LogP contribution in [0.2, 0.25) is 0 Å². The van der Waals surface area contributed by atoms with E-state index in [4.69, 9.17) is 0 Å². The molecular formula is C19H38N2. The summed E-state index contributed by atoms with van der Waals surface area (Å²) in [5, 5.41) is 3.68. The highest BCUT2D eigenvalue weighted by atomic mass is 15.1. The average Bonchev–Trinajstić information content (AvgIpc) is 3.00. The molecule has 0 saturated heterocycles. The average molecular weight is 295 g/mol. The number of fused-ring (bicyclic) bond motifs is 2. The van der Waals surface area contributed by atoms with E-state index in [1.807, 2.05) is 0 Å². The lowest BCUT2D eigenvalue weighted by atomic mass is 9.85. The first-order chi connectivity index (χ1) is 9.92. The molecule has 2 nitrogen and oxygen atoms in total. The van der Waals surface area contributed by atoms with Gasteiger partial charge in [-0.2, -0.15) is 0 Å². The molecule has 0 radical (unpaired) electrons. The summed E-state index contributed by atoms with van der Waals surface area (Å²) in [7, 11) is 2.35. The van der Waals surface area contributed by atoms with Crippen molar-refractivity contribution in [2.24, 2.45) is 29.1 Å². The maximum atomic E-state index is 3.68. The van der Waals surface area contributed by atoms with Crippen LogP contribution in [0.25, 0.3) is 0 Å². The van der Waals surface area contributed by atoms with E-state index < -0.39 is 0 Å². The van der Waals surface area contributed by atoms with Gasteiger partial charge in [-0.05, 0) is 68.4 Å². The van der Waals surface area contributed by atoms with Crippen molar-refractivity contribution in [3.63, 3.8) is 0 Å². The monoisotopic (exact) mass is 294 g/mol. The van der Waals surface area contributed by atoms with E-state index in [0.29, 0.717) is 5.41 Å². The van der Waals surface area contributed by atoms with Gasteiger partial charge >= 0.3 is 0 Å². The van der Waals surface area contributed by atoms with Crippen LogP contribution in [-0.2, 0) is 0 Å². The van der Waals surface area contributed by atoms with E-state index in [1.54, 1.807) is 6.42 Å². The number of hydrogen-bond acceptors (Lipinski definition) is 2. The molecule has 2 fully saturated rings. The Hall–Kier alpha value is -0.0800. The Morgan fingerprint density at radius 2 is 2.00 bits per heavy atom. The summed E-state index contributed by atoms with van der Waals surface area (Å²) < 4.78 is 0. The molecule has 2 saturated carbocycles. The van der Waals surface area contributed by atoms with Crippen molar-refractivity contribution < 1.29 is 0 Å². The Bertz CT molecular complexity index is 315. The molecule has 2 aliphatic rings. The second-order valence-corrected chi connectivity index (χ2v) is 8.82. The molecular weight excluding hydrogens is 256 g/mol. The van der Waals surface area contributed by atoms with Crippen LogP contribution in [0.3, 0.4) is 0 Å². The van der Waals surface area contributed by atoms with Crippen LogP contribution in [0.1, 0.15) is 59.8 Å². The van der Waals surface area contributed by atoms with Gasteiger partial charge in [0.25, 0.3) is 0 Å². The van der Waals surface area contributed by atoms with Gasteiger partial charge in [0.05, 0.1) is 0 Å². The molecule has 0 heterocycles. The van der Waals surface area contributed by atoms with E-state index in [9.17, 15) is 0 Å². The molecule has 2 bridgehead atoms. The highest BCUT2D eigenvalue weighted by Gasteiger charge is 2.40. The lowest BCUT2D eigenvalue weighted by Gasteiger charge is -2.36. The van der Waals surface area contributed by atoms with Crippen molar-refractivity contribution >= 4 is 0 Å². The molecule has 0 aromatic rings. The highest BCUT2D eigenvalue weighted by molar-refractivity contribution is 4.91. The molecule has 0 aromatic heterocycles. The van der Waals surface area contributed by atoms with E-state index >= 15 is 0 Å². The van der Waals surface area contributed by atoms with Gasteiger partial charge < -0.3 is 10.2 Å². The second kappa shape index (κ2) is 7.46. The van der Waals surface area contributed by atoms with Crippen molar-refractivity contribution in [2.45, 2.75) is 59.8 Å². The zero-order valence-electron chi connectivity index (χ0n) is 15.1. The number of rotatable bonds is 9. The van der Waals surface area contributed by atoms with Crippen LogP contribution in [0.15, 0.2) is 0 Å². The maximum absolute atomic E-state index is 3.68. The van der Waals surface area contributed by atoms with Gasteiger partial charge in [0, 0.05) is 19.6 Å². The first-order valence-corrected chi connectivity index (χ1v) is 9.31. The van der Waals surface area contributed by atoms with Gasteiger partial charge in [-0.1, -0.05) is 34.1 Å². The quantitative estimate of drug-likeness (QED) is 0.691. The Morgan fingerprint density at radius 1 is 1.24 bits per heavy atom. The summed E-state index contributed by atoms with van der Waals surface area (Å²) in [6, 6.07) is 0. The molecule has 0 aliphatic heterocycles. The van der Waals surface area contributed by atoms with Gasteiger partial charge in [-0.25, -0.2) is 0 Å². The van der Waals surface area contributed by atoms with Crippen molar-refractivity contribution in [2.75, 3.05) is 33.2 Å². The normalized spacial score (nSPS) is 31.3. The highest BCUT2D eigenvalue weighted by Crippen LogP contribution is 2.48. The summed E-state index contributed by atoms with van der Waals surface area (Å²) in [4.78, 5) is 2.63. The fourth-order valence-electron chi connectivity index (χ4n) is 4.67. The molecule has 0 spiro atoms. The van der Waals surface area contributed by atoms with Crippen LogP contribution in [0.5, 0.6) is 0 Å². The molecule has 4 atom stereocenters. The molecule has 4 unspecified atom stereocenters. The van der Waals surface area contributed by atoms with E-state index in [2.05, 4.69) is 45.0 Å². The maximum Gasteiger partial charge on any atom is 0.00444 e. The van der Waals surface area contributed by atoms with Crippen LogP contribution < -0.4 is 5.32 Å². The van der Waals surface area contributed by atoms with Gasteiger partial charge in [0.2, 0.25) is 0 Å². The fourth-order valence-corrected chi connectivity index (χ4v) is 4.67. The summed E-state index contributed by atoms with van der Waals surface area (Å²) in [6.45, 7) is 14.3. The third kappa shape index (κ3) is 4.96. The smallest absolute Gasteiger partial charge is 0.00444 e. The SMILES string of the molecule is CCC(C)(CNCC(C)C)CN(C)CC1CC2CCC1C2. The van der Waals surface area contributed by atoms with E-state index in [0.717, 1.165) is 36.8 Å². The first kappa shape index (κ1) is 17.3. The predicted octanol–water partition coefficient (Wildman–Crippen LogP) is 4.02. The summed E-state index contributed by atoms with van der Waals surface area (Å²) >= 11 is 0. The molecule has 2 heteroatoms.